The zero-order valence-corrected chi connectivity index (χ0v) is 8.38. The summed E-state index contributed by atoms with van der Waals surface area (Å²) in [6.45, 7) is 5.55. The summed E-state index contributed by atoms with van der Waals surface area (Å²) in [6.07, 6.45) is 1.75. The summed E-state index contributed by atoms with van der Waals surface area (Å²) in [6, 6.07) is 0. The third-order valence-electron chi connectivity index (χ3n) is 2.06. The summed E-state index contributed by atoms with van der Waals surface area (Å²) in [5.74, 6) is -0.857. The highest BCUT2D eigenvalue weighted by atomic mass is 16.4. The van der Waals surface area contributed by atoms with Gasteiger partial charge in [0.25, 0.3) is 0 Å². The van der Waals surface area contributed by atoms with Crippen molar-refractivity contribution >= 4 is 5.97 Å². The Hall–Kier alpha value is -0.830. The van der Waals surface area contributed by atoms with Crippen LogP contribution >= 0.6 is 0 Å². The standard InChI is InChI=1S/C9H17NO2/c1-7(8(11)12)6-9(2,3)10(4)5/h6H,1-5H3,(H,11,12). The first-order chi connectivity index (χ1) is 5.27. The minimum absolute atomic E-state index is 0.206. The van der Waals surface area contributed by atoms with Crippen molar-refractivity contribution in [3.63, 3.8) is 0 Å². The van der Waals surface area contributed by atoms with Gasteiger partial charge in [-0.3, -0.25) is 0 Å². The van der Waals surface area contributed by atoms with E-state index in [4.69, 9.17) is 5.11 Å². The van der Waals surface area contributed by atoms with Crippen LogP contribution < -0.4 is 0 Å². The molecular formula is C9H17NO2. The zero-order chi connectivity index (χ0) is 9.94. The van der Waals surface area contributed by atoms with Crippen LogP contribution in [0.1, 0.15) is 20.8 Å². The number of rotatable bonds is 3. The Bertz CT molecular complexity index is 205. The first kappa shape index (κ1) is 11.2. The molecule has 0 aliphatic rings. The molecule has 3 heteroatoms. The van der Waals surface area contributed by atoms with Gasteiger partial charge in [0.05, 0.1) is 0 Å². The Morgan fingerprint density at radius 3 is 2.08 bits per heavy atom. The van der Waals surface area contributed by atoms with E-state index in [1.807, 2.05) is 32.8 Å². The number of nitrogens with zero attached hydrogens (tertiary/aromatic N) is 1. The number of carbonyl (C=O) groups is 1. The molecule has 0 aromatic heterocycles. The second-order valence-corrected chi connectivity index (χ2v) is 3.68. The van der Waals surface area contributed by atoms with E-state index in [0.717, 1.165) is 0 Å². The van der Waals surface area contributed by atoms with Gasteiger partial charge in [0.2, 0.25) is 0 Å². The lowest BCUT2D eigenvalue weighted by Gasteiger charge is -2.29. The lowest BCUT2D eigenvalue weighted by Crippen LogP contribution is -2.36. The van der Waals surface area contributed by atoms with Crippen molar-refractivity contribution in [2.45, 2.75) is 26.3 Å². The number of hydrogen-bond acceptors (Lipinski definition) is 2. The maximum absolute atomic E-state index is 10.5. The molecule has 70 valence electrons. The molecule has 0 radical (unpaired) electrons. The second kappa shape index (κ2) is 3.72. The van der Waals surface area contributed by atoms with Crippen LogP contribution in [-0.2, 0) is 4.79 Å². The van der Waals surface area contributed by atoms with Crippen LogP contribution in [0.2, 0.25) is 0 Å². The number of aliphatic carboxylic acids is 1. The molecule has 0 atom stereocenters. The maximum Gasteiger partial charge on any atom is 0.331 e. The Morgan fingerprint density at radius 1 is 1.42 bits per heavy atom. The van der Waals surface area contributed by atoms with E-state index < -0.39 is 5.97 Å². The van der Waals surface area contributed by atoms with E-state index in [2.05, 4.69) is 0 Å². The van der Waals surface area contributed by atoms with Crippen LogP contribution in [0.4, 0.5) is 0 Å². The molecule has 0 aliphatic carbocycles. The van der Waals surface area contributed by atoms with Gasteiger partial charge in [-0.2, -0.15) is 0 Å². The molecule has 0 aromatic carbocycles. The number of carboxylic acid groups (broad SMARTS) is 1. The number of likely N-dealkylation sites (N-methyl/N-ethyl adjacent to an activating group) is 1. The normalized spacial score (nSPS) is 13.7. The molecule has 0 fully saturated rings. The van der Waals surface area contributed by atoms with Gasteiger partial charge in [-0.05, 0) is 34.9 Å². The highest BCUT2D eigenvalue weighted by Crippen LogP contribution is 2.14. The van der Waals surface area contributed by atoms with Gasteiger partial charge >= 0.3 is 5.97 Å². The highest BCUT2D eigenvalue weighted by Gasteiger charge is 2.18. The molecule has 0 aliphatic heterocycles. The molecule has 0 amide bonds. The van der Waals surface area contributed by atoms with Crippen molar-refractivity contribution in [1.29, 1.82) is 0 Å². The van der Waals surface area contributed by atoms with Gasteiger partial charge in [0, 0.05) is 11.1 Å². The second-order valence-electron chi connectivity index (χ2n) is 3.68. The van der Waals surface area contributed by atoms with E-state index in [1.165, 1.54) is 0 Å². The minimum atomic E-state index is -0.857. The van der Waals surface area contributed by atoms with Crippen LogP contribution in [-0.4, -0.2) is 35.6 Å². The molecule has 0 saturated carbocycles. The average Bonchev–Trinajstić information content (AvgIpc) is 1.85. The van der Waals surface area contributed by atoms with Crippen molar-refractivity contribution < 1.29 is 9.90 Å². The van der Waals surface area contributed by atoms with Crippen molar-refractivity contribution in [2.75, 3.05) is 14.1 Å². The van der Waals surface area contributed by atoms with Crippen molar-refractivity contribution in [3.05, 3.63) is 11.6 Å². The Labute approximate surface area is 73.7 Å². The molecule has 3 nitrogen and oxygen atoms in total. The summed E-state index contributed by atoms with van der Waals surface area (Å²) in [5.41, 5.74) is 0.177. The van der Waals surface area contributed by atoms with Crippen molar-refractivity contribution in [3.8, 4) is 0 Å². The Morgan fingerprint density at radius 2 is 1.83 bits per heavy atom. The maximum atomic E-state index is 10.5. The van der Waals surface area contributed by atoms with Gasteiger partial charge in [-0.1, -0.05) is 6.08 Å². The van der Waals surface area contributed by atoms with E-state index in [0.29, 0.717) is 5.57 Å². The van der Waals surface area contributed by atoms with Crippen LogP contribution in [0.5, 0.6) is 0 Å². The molecule has 0 saturated heterocycles. The molecule has 1 N–H and O–H groups in total. The van der Waals surface area contributed by atoms with E-state index >= 15 is 0 Å². The predicted octanol–water partition coefficient (Wildman–Crippen LogP) is 1.36. The van der Waals surface area contributed by atoms with Crippen molar-refractivity contribution in [1.82, 2.24) is 4.90 Å². The zero-order valence-electron chi connectivity index (χ0n) is 8.38. The fraction of sp³-hybridized carbons (Fsp3) is 0.667. The van der Waals surface area contributed by atoms with Gasteiger partial charge in [-0.15, -0.1) is 0 Å². The molecule has 0 rings (SSSR count). The van der Waals surface area contributed by atoms with Crippen molar-refractivity contribution in [2.24, 2.45) is 0 Å². The first-order valence-corrected chi connectivity index (χ1v) is 3.87. The largest absolute Gasteiger partial charge is 0.478 e. The quantitative estimate of drug-likeness (QED) is 0.652. The van der Waals surface area contributed by atoms with Gasteiger partial charge < -0.3 is 10.0 Å². The summed E-state index contributed by atoms with van der Waals surface area (Å²) in [5, 5.41) is 8.64. The lowest BCUT2D eigenvalue weighted by molar-refractivity contribution is -0.132. The highest BCUT2D eigenvalue weighted by molar-refractivity contribution is 5.86. The summed E-state index contributed by atoms with van der Waals surface area (Å²) >= 11 is 0. The molecule has 12 heavy (non-hydrogen) atoms. The van der Waals surface area contributed by atoms with E-state index in [1.54, 1.807) is 13.0 Å². The van der Waals surface area contributed by atoms with Gasteiger partial charge in [0.1, 0.15) is 0 Å². The fourth-order valence-corrected chi connectivity index (χ4v) is 0.721. The topological polar surface area (TPSA) is 40.5 Å². The van der Waals surface area contributed by atoms with Crippen LogP contribution in [0.3, 0.4) is 0 Å². The Balaban J connectivity index is 4.61. The number of carboxylic acids is 1. The average molecular weight is 171 g/mol. The SMILES string of the molecule is CC(=CC(C)(C)N(C)C)C(=O)O. The van der Waals surface area contributed by atoms with Gasteiger partial charge in [0.15, 0.2) is 0 Å². The van der Waals surface area contributed by atoms with Crippen LogP contribution in [0.15, 0.2) is 11.6 Å². The first-order valence-electron chi connectivity index (χ1n) is 3.87. The molecule has 0 aromatic rings. The van der Waals surface area contributed by atoms with Crippen LogP contribution in [0.25, 0.3) is 0 Å². The molecule has 0 spiro atoms. The molecule has 0 heterocycles. The third-order valence-corrected chi connectivity index (χ3v) is 2.06. The smallest absolute Gasteiger partial charge is 0.331 e. The van der Waals surface area contributed by atoms with E-state index in [-0.39, 0.29) is 5.54 Å². The summed E-state index contributed by atoms with van der Waals surface area (Å²) in [7, 11) is 3.84. The lowest BCUT2D eigenvalue weighted by atomic mass is 10.0. The van der Waals surface area contributed by atoms with E-state index in [9.17, 15) is 4.79 Å². The predicted molar refractivity (Wildman–Crippen MR) is 49.2 cm³/mol. The monoisotopic (exact) mass is 171 g/mol. The minimum Gasteiger partial charge on any atom is -0.478 e. The Kier molecular flexibility index (Phi) is 3.46. The molecular weight excluding hydrogens is 154 g/mol. The van der Waals surface area contributed by atoms with Gasteiger partial charge in [-0.25, -0.2) is 4.79 Å². The van der Waals surface area contributed by atoms with Crippen LogP contribution in [0, 0.1) is 0 Å². The number of hydrogen-bond donors (Lipinski definition) is 1. The molecule has 0 unspecified atom stereocenters. The fourth-order valence-electron chi connectivity index (χ4n) is 0.721. The summed E-state index contributed by atoms with van der Waals surface area (Å²) < 4.78 is 0. The third kappa shape index (κ3) is 3.05. The summed E-state index contributed by atoms with van der Waals surface area (Å²) in [4.78, 5) is 12.5. The molecule has 0 bridgehead atoms.